The molecule has 1 aromatic rings. The zero-order valence-electron chi connectivity index (χ0n) is 10.0. The van der Waals surface area contributed by atoms with Gasteiger partial charge in [-0.25, -0.2) is 13.6 Å². The summed E-state index contributed by atoms with van der Waals surface area (Å²) in [5, 5.41) is 7.85. The summed E-state index contributed by atoms with van der Waals surface area (Å²) in [6, 6.07) is 3.76. The van der Waals surface area contributed by atoms with Crippen LogP contribution in [0.5, 0.6) is 0 Å². The molecule has 0 aromatic carbocycles. The van der Waals surface area contributed by atoms with Crippen LogP contribution in [-0.2, 0) is 32.5 Å². The fraction of sp³-hybridized carbons (Fsp3) is 0.500. The minimum atomic E-state index is -3.41. The first-order chi connectivity index (χ1) is 8.40. The van der Waals surface area contributed by atoms with Gasteiger partial charge in [0.2, 0.25) is 10.0 Å². The quantitative estimate of drug-likeness (QED) is 0.537. The zero-order chi connectivity index (χ0) is 13.6. The number of esters is 1. The first-order valence-corrected chi connectivity index (χ1v) is 7.79. The molecule has 1 rings (SSSR count). The van der Waals surface area contributed by atoms with Gasteiger partial charge in [-0.3, -0.25) is 4.79 Å². The van der Waals surface area contributed by atoms with Crippen LogP contribution in [0.1, 0.15) is 9.75 Å². The van der Waals surface area contributed by atoms with E-state index < -0.39 is 10.0 Å². The maximum absolute atomic E-state index is 11.0. The molecular weight excluding hydrogens is 276 g/mol. The molecule has 8 heteroatoms. The fourth-order valence-corrected chi connectivity index (χ4v) is 2.65. The zero-order valence-corrected chi connectivity index (χ0v) is 11.6. The van der Waals surface area contributed by atoms with E-state index in [2.05, 4.69) is 10.1 Å². The molecule has 3 N–H and O–H groups in total. The highest BCUT2D eigenvalue weighted by atomic mass is 32.2. The highest BCUT2D eigenvalue weighted by molar-refractivity contribution is 7.89. The van der Waals surface area contributed by atoms with Crippen molar-refractivity contribution in [3.8, 4) is 0 Å². The minimum absolute atomic E-state index is 0.0899. The van der Waals surface area contributed by atoms with Crippen molar-refractivity contribution in [2.45, 2.75) is 13.0 Å². The Hall–Kier alpha value is -0.960. The van der Waals surface area contributed by atoms with Crippen LogP contribution in [0.25, 0.3) is 0 Å². The number of hydrogen-bond donors (Lipinski definition) is 2. The Kier molecular flexibility index (Phi) is 5.73. The molecule has 0 aliphatic carbocycles. The molecule has 0 saturated carbocycles. The lowest BCUT2D eigenvalue weighted by Crippen LogP contribution is -2.26. The van der Waals surface area contributed by atoms with E-state index in [9.17, 15) is 13.2 Å². The summed E-state index contributed by atoms with van der Waals surface area (Å²) in [6.07, 6.45) is 0.262. The van der Waals surface area contributed by atoms with Gasteiger partial charge < -0.3 is 10.1 Å². The van der Waals surface area contributed by atoms with E-state index in [1.54, 1.807) is 0 Å². The van der Waals surface area contributed by atoms with Gasteiger partial charge in [-0.1, -0.05) is 0 Å². The SMILES string of the molecule is COC(=O)Cc1ccc(CNCCS(N)(=O)=O)s1. The number of primary sulfonamides is 1. The Bertz CT molecular complexity index is 496. The molecule has 18 heavy (non-hydrogen) atoms. The molecule has 1 heterocycles. The Labute approximate surface area is 110 Å². The third kappa shape index (κ3) is 6.10. The Morgan fingerprint density at radius 2 is 2.11 bits per heavy atom. The number of carbonyl (C=O) groups is 1. The van der Waals surface area contributed by atoms with Crippen molar-refractivity contribution >= 4 is 27.3 Å². The van der Waals surface area contributed by atoms with Crippen LogP contribution >= 0.6 is 11.3 Å². The Balaban J connectivity index is 2.33. The molecule has 0 fully saturated rings. The van der Waals surface area contributed by atoms with Crippen LogP contribution in [0.4, 0.5) is 0 Å². The van der Waals surface area contributed by atoms with Crippen molar-refractivity contribution in [3.05, 3.63) is 21.9 Å². The highest BCUT2D eigenvalue weighted by Crippen LogP contribution is 2.17. The molecule has 0 aliphatic rings. The number of hydrogen-bond acceptors (Lipinski definition) is 6. The molecule has 0 saturated heterocycles. The number of nitrogens with two attached hydrogens (primary N) is 1. The van der Waals surface area contributed by atoms with Crippen molar-refractivity contribution in [3.63, 3.8) is 0 Å². The van der Waals surface area contributed by atoms with E-state index in [1.807, 2.05) is 12.1 Å². The average Bonchev–Trinajstić information content (AvgIpc) is 2.71. The van der Waals surface area contributed by atoms with Gasteiger partial charge in [0.25, 0.3) is 0 Å². The second-order valence-corrected chi connectivity index (χ2v) is 6.65. The van der Waals surface area contributed by atoms with Gasteiger partial charge in [-0.2, -0.15) is 0 Å². The summed E-state index contributed by atoms with van der Waals surface area (Å²) in [7, 11) is -2.06. The van der Waals surface area contributed by atoms with Gasteiger partial charge in [-0.05, 0) is 12.1 Å². The van der Waals surface area contributed by atoms with Gasteiger partial charge >= 0.3 is 5.97 Å². The lowest BCUT2D eigenvalue weighted by molar-refractivity contribution is -0.139. The number of thiophene rings is 1. The Morgan fingerprint density at radius 1 is 1.44 bits per heavy atom. The molecular formula is C10H16N2O4S2. The van der Waals surface area contributed by atoms with Crippen LogP contribution in [0.15, 0.2) is 12.1 Å². The first-order valence-electron chi connectivity index (χ1n) is 5.26. The van der Waals surface area contributed by atoms with Crippen molar-refractivity contribution in [2.24, 2.45) is 5.14 Å². The lowest BCUT2D eigenvalue weighted by Gasteiger charge is -2.01. The molecule has 0 atom stereocenters. The van der Waals surface area contributed by atoms with E-state index in [0.717, 1.165) is 9.75 Å². The third-order valence-corrected chi connectivity index (χ3v) is 3.98. The number of carbonyl (C=O) groups excluding carboxylic acids is 1. The summed E-state index contributed by atoms with van der Waals surface area (Å²) < 4.78 is 26.0. The van der Waals surface area contributed by atoms with E-state index in [0.29, 0.717) is 13.1 Å². The van der Waals surface area contributed by atoms with Crippen LogP contribution in [0, 0.1) is 0 Å². The topological polar surface area (TPSA) is 98.5 Å². The summed E-state index contributed by atoms with van der Waals surface area (Å²) in [5.41, 5.74) is 0. The molecule has 1 aromatic heterocycles. The number of ether oxygens (including phenoxy) is 1. The van der Waals surface area contributed by atoms with Crippen LogP contribution < -0.4 is 10.5 Å². The number of sulfonamides is 1. The number of rotatable bonds is 7. The molecule has 0 radical (unpaired) electrons. The highest BCUT2D eigenvalue weighted by Gasteiger charge is 2.06. The molecule has 0 aliphatic heterocycles. The maximum Gasteiger partial charge on any atom is 0.310 e. The fourth-order valence-electron chi connectivity index (χ4n) is 1.25. The summed E-state index contributed by atoms with van der Waals surface area (Å²) in [4.78, 5) is 13.0. The third-order valence-electron chi connectivity index (χ3n) is 2.13. The molecule has 6 nitrogen and oxygen atoms in total. The monoisotopic (exact) mass is 292 g/mol. The minimum Gasteiger partial charge on any atom is -0.469 e. The van der Waals surface area contributed by atoms with Gasteiger partial charge in [-0.15, -0.1) is 11.3 Å². The molecule has 0 unspecified atom stereocenters. The van der Waals surface area contributed by atoms with Gasteiger partial charge in [0.05, 0.1) is 19.3 Å². The molecule has 0 amide bonds. The van der Waals surface area contributed by atoms with Crippen molar-refractivity contribution < 1.29 is 17.9 Å². The number of nitrogens with one attached hydrogen (secondary N) is 1. The largest absolute Gasteiger partial charge is 0.469 e. The van der Waals surface area contributed by atoms with Crippen LogP contribution in [0.2, 0.25) is 0 Å². The van der Waals surface area contributed by atoms with E-state index in [1.165, 1.54) is 18.4 Å². The van der Waals surface area contributed by atoms with Crippen molar-refractivity contribution in [1.82, 2.24) is 5.32 Å². The predicted molar refractivity (Wildman–Crippen MR) is 69.7 cm³/mol. The van der Waals surface area contributed by atoms with E-state index in [4.69, 9.17) is 5.14 Å². The lowest BCUT2D eigenvalue weighted by atomic mass is 10.3. The van der Waals surface area contributed by atoms with Crippen LogP contribution in [0.3, 0.4) is 0 Å². The molecule has 0 bridgehead atoms. The molecule has 102 valence electrons. The predicted octanol–water partition coefficient (Wildman–Crippen LogP) is -0.158. The second-order valence-electron chi connectivity index (χ2n) is 3.66. The number of methoxy groups -OCH3 is 1. The van der Waals surface area contributed by atoms with E-state index in [-0.39, 0.29) is 18.1 Å². The summed E-state index contributed by atoms with van der Waals surface area (Å²) in [6.45, 7) is 0.866. The summed E-state index contributed by atoms with van der Waals surface area (Å²) >= 11 is 1.49. The van der Waals surface area contributed by atoms with Crippen molar-refractivity contribution in [2.75, 3.05) is 19.4 Å². The second kappa shape index (κ2) is 6.83. The summed E-state index contributed by atoms with van der Waals surface area (Å²) in [5.74, 6) is -0.362. The van der Waals surface area contributed by atoms with Crippen molar-refractivity contribution in [1.29, 1.82) is 0 Å². The average molecular weight is 292 g/mol. The van der Waals surface area contributed by atoms with Gasteiger partial charge in [0.1, 0.15) is 0 Å². The van der Waals surface area contributed by atoms with Crippen LogP contribution in [-0.4, -0.2) is 33.8 Å². The van der Waals surface area contributed by atoms with Gasteiger partial charge in [0.15, 0.2) is 0 Å². The van der Waals surface area contributed by atoms with E-state index >= 15 is 0 Å². The normalized spacial score (nSPS) is 11.4. The molecule has 0 spiro atoms. The maximum atomic E-state index is 11.0. The standard InChI is InChI=1S/C10H16N2O4S2/c1-16-10(13)6-8-2-3-9(17-8)7-12-4-5-18(11,14)15/h2-3,12H,4-7H2,1H3,(H2,11,14,15). The smallest absolute Gasteiger partial charge is 0.310 e. The first kappa shape index (κ1) is 15.1. The Morgan fingerprint density at radius 3 is 2.72 bits per heavy atom. The van der Waals surface area contributed by atoms with Gasteiger partial charge in [0, 0.05) is 22.8 Å².